The van der Waals surface area contributed by atoms with E-state index in [1.54, 1.807) is 20.4 Å². The lowest BCUT2D eigenvalue weighted by Crippen LogP contribution is -2.32. The molecule has 1 aromatic carbocycles. The van der Waals surface area contributed by atoms with Crippen molar-refractivity contribution in [3.05, 3.63) is 23.8 Å². The van der Waals surface area contributed by atoms with E-state index >= 15 is 0 Å². The number of methoxy groups -OCH3 is 2. The molecule has 0 heterocycles. The molecular weight excluding hydrogens is 418 g/mol. The minimum absolute atomic E-state index is 0.552. The highest BCUT2D eigenvalue weighted by Crippen LogP contribution is 2.26. The summed E-state index contributed by atoms with van der Waals surface area (Å²) in [5, 5.41) is 7.95. The summed E-state index contributed by atoms with van der Waals surface area (Å²) in [6.45, 7) is 3.16. The highest BCUT2D eigenvalue weighted by molar-refractivity contribution is 7.80. The average Bonchev–Trinajstić information content (AvgIpc) is 2.81. The smallest absolute Gasteiger partial charge is 0.186 e. The van der Waals surface area contributed by atoms with E-state index in [9.17, 15) is 0 Å². The number of hydrogen-bond acceptors (Lipinski definition) is 4. The van der Waals surface area contributed by atoms with E-state index in [1.807, 2.05) is 18.2 Å². The average molecular weight is 464 g/mol. The lowest BCUT2D eigenvalue weighted by molar-refractivity contribution is 0.355. The zero-order valence-electron chi connectivity index (χ0n) is 20.6. The van der Waals surface area contributed by atoms with Gasteiger partial charge in [-0.05, 0) is 42.4 Å². The van der Waals surface area contributed by atoms with Crippen LogP contribution in [0.15, 0.2) is 23.3 Å². The molecule has 0 amide bonds. The van der Waals surface area contributed by atoms with Gasteiger partial charge in [-0.25, -0.2) is 0 Å². The van der Waals surface area contributed by atoms with E-state index in [2.05, 4.69) is 22.8 Å². The highest BCUT2D eigenvalue weighted by atomic mass is 32.1. The van der Waals surface area contributed by atoms with Crippen molar-refractivity contribution in [2.75, 3.05) is 20.8 Å². The summed E-state index contributed by atoms with van der Waals surface area (Å²) in [7, 11) is 3.24. The van der Waals surface area contributed by atoms with Gasteiger partial charge in [0.2, 0.25) is 0 Å². The highest BCUT2D eigenvalue weighted by Gasteiger charge is 2.03. The summed E-state index contributed by atoms with van der Waals surface area (Å²) >= 11 is 5.28. The van der Waals surface area contributed by atoms with Crippen LogP contribution in [0.2, 0.25) is 0 Å². The Labute approximate surface area is 201 Å². The van der Waals surface area contributed by atoms with Gasteiger partial charge in [0.05, 0.1) is 20.4 Å². The standard InChI is InChI=1S/C26H45N3O2S/c1-4-5-6-7-8-9-10-11-12-13-14-15-16-17-20-27-26(32)29-28-22-23-18-19-24(30-2)25(21-23)31-3/h18-19,21-22H,4-17,20H2,1-3H3,(H2,27,29,32)/b28-22+. The Morgan fingerprint density at radius 3 is 1.88 bits per heavy atom. The number of hydrogen-bond donors (Lipinski definition) is 2. The number of benzene rings is 1. The van der Waals surface area contributed by atoms with Gasteiger partial charge in [-0.3, -0.25) is 5.43 Å². The largest absolute Gasteiger partial charge is 0.493 e. The van der Waals surface area contributed by atoms with Crippen LogP contribution in [0.1, 0.15) is 102 Å². The number of nitrogens with one attached hydrogen (secondary N) is 2. The number of nitrogens with zero attached hydrogens (tertiary/aromatic N) is 1. The molecule has 0 saturated carbocycles. The van der Waals surface area contributed by atoms with Gasteiger partial charge in [0.1, 0.15) is 0 Å². The quantitative estimate of drug-likeness (QED) is 0.100. The molecule has 32 heavy (non-hydrogen) atoms. The fourth-order valence-electron chi connectivity index (χ4n) is 3.66. The fraction of sp³-hybridized carbons (Fsp3) is 0.692. The van der Waals surface area contributed by atoms with Gasteiger partial charge in [0.15, 0.2) is 16.6 Å². The lowest BCUT2D eigenvalue weighted by Gasteiger charge is -2.08. The second kappa shape index (κ2) is 19.8. The summed E-state index contributed by atoms with van der Waals surface area (Å²) in [5.41, 5.74) is 3.77. The Bertz CT molecular complexity index is 637. The first kappa shape index (κ1) is 28.2. The van der Waals surface area contributed by atoms with E-state index < -0.39 is 0 Å². The minimum atomic E-state index is 0.552. The number of unbranched alkanes of at least 4 members (excludes halogenated alkanes) is 13. The molecule has 0 atom stereocenters. The maximum Gasteiger partial charge on any atom is 0.186 e. The second-order valence-electron chi connectivity index (χ2n) is 8.34. The van der Waals surface area contributed by atoms with Crippen LogP contribution in [-0.4, -0.2) is 32.1 Å². The molecule has 0 aliphatic rings. The third kappa shape index (κ3) is 14.3. The van der Waals surface area contributed by atoms with Crippen LogP contribution in [-0.2, 0) is 0 Å². The molecule has 1 aromatic rings. The molecular formula is C26H45N3O2S. The van der Waals surface area contributed by atoms with Crippen molar-refractivity contribution in [2.24, 2.45) is 5.10 Å². The lowest BCUT2D eigenvalue weighted by atomic mass is 10.0. The molecule has 0 unspecified atom stereocenters. The molecule has 2 N–H and O–H groups in total. The predicted molar refractivity (Wildman–Crippen MR) is 141 cm³/mol. The summed E-state index contributed by atoms with van der Waals surface area (Å²) < 4.78 is 10.5. The van der Waals surface area contributed by atoms with Gasteiger partial charge in [0, 0.05) is 6.54 Å². The second-order valence-corrected chi connectivity index (χ2v) is 8.74. The minimum Gasteiger partial charge on any atom is -0.493 e. The number of ether oxygens (including phenoxy) is 2. The Balaban J connectivity index is 1.95. The van der Waals surface area contributed by atoms with Gasteiger partial charge >= 0.3 is 0 Å². The molecule has 0 aliphatic heterocycles. The van der Waals surface area contributed by atoms with Crippen LogP contribution in [0.4, 0.5) is 0 Å². The molecule has 0 bridgehead atoms. The van der Waals surface area contributed by atoms with Crippen molar-refractivity contribution in [3.8, 4) is 11.5 Å². The van der Waals surface area contributed by atoms with Crippen molar-refractivity contribution in [1.29, 1.82) is 0 Å². The molecule has 182 valence electrons. The molecule has 0 radical (unpaired) electrons. The van der Waals surface area contributed by atoms with E-state index in [0.717, 1.165) is 18.5 Å². The van der Waals surface area contributed by atoms with Crippen LogP contribution >= 0.6 is 12.2 Å². The molecule has 5 nitrogen and oxygen atoms in total. The molecule has 0 aromatic heterocycles. The molecule has 0 fully saturated rings. The van der Waals surface area contributed by atoms with Crippen molar-refractivity contribution in [1.82, 2.24) is 10.7 Å². The molecule has 1 rings (SSSR count). The van der Waals surface area contributed by atoms with Crippen molar-refractivity contribution in [2.45, 2.75) is 96.8 Å². The predicted octanol–water partition coefficient (Wildman–Crippen LogP) is 6.98. The maximum absolute atomic E-state index is 5.30. The summed E-state index contributed by atoms with van der Waals surface area (Å²) in [5.74, 6) is 1.37. The monoisotopic (exact) mass is 463 g/mol. The summed E-state index contributed by atoms with van der Waals surface area (Å²) in [6.07, 6.45) is 20.9. The van der Waals surface area contributed by atoms with E-state index in [0.29, 0.717) is 16.6 Å². The van der Waals surface area contributed by atoms with Crippen molar-refractivity contribution < 1.29 is 9.47 Å². The summed E-state index contributed by atoms with van der Waals surface area (Å²) in [6, 6.07) is 5.64. The van der Waals surface area contributed by atoms with Crippen molar-refractivity contribution in [3.63, 3.8) is 0 Å². The normalized spacial score (nSPS) is 11.0. The van der Waals surface area contributed by atoms with Gasteiger partial charge in [-0.15, -0.1) is 0 Å². The molecule has 0 saturated heterocycles. The van der Waals surface area contributed by atoms with E-state index in [1.165, 1.54) is 83.5 Å². The third-order valence-corrected chi connectivity index (χ3v) is 5.84. The SMILES string of the molecule is CCCCCCCCCCCCCCCCNC(=S)N/N=C/c1ccc(OC)c(OC)c1. The van der Waals surface area contributed by atoms with Crippen LogP contribution in [0.5, 0.6) is 11.5 Å². The first-order chi connectivity index (χ1) is 15.7. The Morgan fingerprint density at radius 2 is 1.34 bits per heavy atom. The molecule has 0 aliphatic carbocycles. The van der Waals surface area contributed by atoms with E-state index in [-0.39, 0.29) is 0 Å². The van der Waals surface area contributed by atoms with Crippen LogP contribution < -0.4 is 20.2 Å². The van der Waals surface area contributed by atoms with Crippen LogP contribution in [0, 0.1) is 0 Å². The third-order valence-electron chi connectivity index (χ3n) is 5.60. The maximum atomic E-state index is 5.30. The first-order valence-electron chi connectivity index (χ1n) is 12.5. The Morgan fingerprint density at radius 1 is 0.812 bits per heavy atom. The van der Waals surface area contributed by atoms with Gasteiger partial charge in [0.25, 0.3) is 0 Å². The Kier molecular flexibility index (Phi) is 17.5. The zero-order chi connectivity index (χ0) is 23.3. The molecule has 6 heteroatoms. The van der Waals surface area contributed by atoms with Crippen molar-refractivity contribution >= 4 is 23.5 Å². The zero-order valence-corrected chi connectivity index (χ0v) is 21.4. The van der Waals surface area contributed by atoms with Crippen LogP contribution in [0.3, 0.4) is 0 Å². The van der Waals surface area contributed by atoms with Gasteiger partial charge in [-0.1, -0.05) is 90.4 Å². The number of rotatable bonds is 19. The Hall–Kier alpha value is -1.82. The first-order valence-corrected chi connectivity index (χ1v) is 12.9. The van der Waals surface area contributed by atoms with Crippen LogP contribution in [0.25, 0.3) is 0 Å². The molecule has 0 spiro atoms. The van der Waals surface area contributed by atoms with Gasteiger partial charge in [-0.2, -0.15) is 5.10 Å². The summed E-state index contributed by atoms with van der Waals surface area (Å²) in [4.78, 5) is 0. The van der Waals surface area contributed by atoms with E-state index in [4.69, 9.17) is 21.7 Å². The number of hydrazone groups is 1. The van der Waals surface area contributed by atoms with Gasteiger partial charge < -0.3 is 14.8 Å². The fourth-order valence-corrected chi connectivity index (χ4v) is 3.81. The topological polar surface area (TPSA) is 54.9 Å². The number of thiocarbonyl (C=S) groups is 1.